The first-order valence-corrected chi connectivity index (χ1v) is 8.05. The average molecular weight is 307 g/mol. The molecule has 3 rings (SSSR count). The Morgan fingerprint density at radius 3 is 2.77 bits per heavy atom. The molecule has 122 valence electrons. The van der Waals surface area contributed by atoms with Gasteiger partial charge in [0.25, 0.3) is 0 Å². The summed E-state index contributed by atoms with van der Waals surface area (Å²) in [6, 6.07) is -0.249. The number of rotatable bonds is 0. The molecule has 1 N–H and O–H groups in total. The summed E-state index contributed by atoms with van der Waals surface area (Å²) in [7, 11) is 0. The molecule has 0 radical (unpaired) electrons. The highest BCUT2D eigenvalue weighted by atomic mass is 16.6. The van der Waals surface area contributed by atoms with Gasteiger partial charge in [-0.05, 0) is 47.0 Å². The number of aliphatic hydroxyl groups excluding tert-OH is 1. The van der Waals surface area contributed by atoms with Crippen molar-refractivity contribution < 1.29 is 19.4 Å². The van der Waals surface area contributed by atoms with Crippen molar-refractivity contribution in [1.29, 1.82) is 0 Å². The van der Waals surface area contributed by atoms with Crippen molar-refractivity contribution in [2.45, 2.75) is 76.7 Å². The van der Waals surface area contributed by atoms with Crippen molar-refractivity contribution in [3.8, 4) is 0 Å². The van der Waals surface area contributed by atoms with Gasteiger partial charge in [0.05, 0.1) is 23.1 Å². The van der Waals surface area contributed by atoms with Gasteiger partial charge in [-0.1, -0.05) is 12.2 Å². The van der Waals surface area contributed by atoms with Gasteiger partial charge >= 0.3 is 6.09 Å². The Morgan fingerprint density at radius 1 is 1.45 bits per heavy atom. The van der Waals surface area contributed by atoms with Crippen molar-refractivity contribution in [3.05, 3.63) is 12.2 Å². The van der Waals surface area contributed by atoms with Crippen molar-refractivity contribution in [2.75, 3.05) is 0 Å². The van der Waals surface area contributed by atoms with Crippen molar-refractivity contribution in [1.82, 2.24) is 4.90 Å². The Bertz CT molecular complexity index is 549. The molecule has 2 aliphatic heterocycles. The second-order valence-electron chi connectivity index (χ2n) is 7.94. The number of hydrogen-bond donors (Lipinski definition) is 1. The lowest BCUT2D eigenvalue weighted by Gasteiger charge is -2.58. The molecule has 2 heterocycles. The van der Waals surface area contributed by atoms with Crippen LogP contribution in [0.3, 0.4) is 0 Å². The molecule has 1 amide bonds. The molecule has 2 fully saturated rings. The average Bonchev–Trinajstić information content (AvgIpc) is 2.68. The van der Waals surface area contributed by atoms with Gasteiger partial charge in [0.15, 0.2) is 0 Å². The maximum atomic E-state index is 12.8. The van der Waals surface area contributed by atoms with Crippen LogP contribution in [0.1, 0.15) is 53.4 Å². The van der Waals surface area contributed by atoms with Crippen LogP contribution in [0.25, 0.3) is 0 Å². The minimum atomic E-state index is -0.939. The monoisotopic (exact) mass is 307 g/mol. The summed E-state index contributed by atoms with van der Waals surface area (Å²) in [6.07, 6.45) is 5.13. The van der Waals surface area contributed by atoms with Crippen molar-refractivity contribution in [3.63, 3.8) is 0 Å². The second kappa shape index (κ2) is 4.57. The highest BCUT2D eigenvalue weighted by Crippen LogP contribution is 2.56. The van der Waals surface area contributed by atoms with E-state index in [0.29, 0.717) is 12.8 Å². The van der Waals surface area contributed by atoms with Crippen LogP contribution in [-0.4, -0.2) is 45.2 Å². The fourth-order valence-corrected chi connectivity index (χ4v) is 4.36. The first-order chi connectivity index (χ1) is 10.1. The van der Waals surface area contributed by atoms with E-state index in [9.17, 15) is 14.7 Å². The Morgan fingerprint density at radius 2 is 2.14 bits per heavy atom. The third kappa shape index (κ3) is 1.87. The van der Waals surface area contributed by atoms with Crippen LogP contribution in [0.2, 0.25) is 0 Å². The SMILES string of the molecule is CC(C)(C)OC(=O)N1[C@H]2C=C[C@@]13CCC[C@@H](O)[C@]3(C)C(=O)C2. The summed E-state index contributed by atoms with van der Waals surface area (Å²) in [4.78, 5) is 27.2. The Hall–Kier alpha value is -1.36. The van der Waals surface area contributed by atoms with Crippen LogP contribution in [0.15, 0.2) is 12.2 Å². The molecule has 5 nitrogen and oxygen atoms in total. The zero-order chi connectivity index (χ0) is 16.3. The number of hydrogen-bond acceptors (Lipinski definition) is 4. The fraction of sp³-hybridized carbons (Fsp3) is 0.765. The van der Waals surface area contributed by atoms with Crippen LogP contribution < -0.4 is 0 Å². The molecule has 0 aromatic carbocycles. The lowest BCUT2D eigenvalue weighted by Crippen LogP contribution is -2.71. The predicted molar refractivity (Wildman–Crippen MR) is 81.3 cm³/mol. The smallest absolute Gasteiger partial charge is 0.411 e. The molecule has 1 saturated heterocycles. The first-order valence-electron chi connectivity index (χ1n) is 8.05. The van der Waals surface area contributed by atoms with Crippen LogP contribution >= 0.6 is 0 Å². The normalized spacial score (nSPS) is 40.6. The quantitative estimate of drug-likeness (QED) is 0.698. The molecule has 5 heteroatoms. The zero-order valence-corrected chi connectivity index (χ0v) is 13.8. The van der Waals surface area contributed by atoms with E-state index in [-0.39, 0.29) is 18.2 Å². The lowest BCUT2D eigenvalue weighted by molar-refractivity contribution is -0.164. The highest BCUT2D eigenvalue weighted by Gasteiger charge is 2.67. The number of piperidine rings is 1. The van der Waals surface area contributed by atoms with E-state index in [4.69, 9.17) is 4.74 Å². The maximum Gasteiger partial charge on any atom is 0.411 e. The van der Waals surface area contributed by atoms with Gasteiger partial charge in [0.1, 0.15) is 11.4 Å². The molecule has 3 aliphatic rings. The first kappa shape index (κ1) is 15.5. The molecule has 4 atom stereocenters. The Labute approximate surface area is 131 Å². The number of ketones is 1. The van der Waals surface area contributed by atoms with Gasteiger partial charge in [-0.3, -0.25) is 9.69 Å². The number of nitrogens with zero attached hydrogens (tertiary/aromatic N) is 1. The predicted octanol–water partition coefficient (Wildman–Crippen LogP) is 2.42. The topological polar surface area (TPSA) is 66.8 Å². The second-order valence-corrected chi connectivity index (χ2v) is 7.94. The van der Waals surface area contributed by atoms with Crippen LogP contribution in [0.4, 0.5) is 4.79 Å². The van der Waals surface area contributed by atoms with Gasteiger partial charge in [-0.15, -0.1) is 0 Å². The number of carbonyl (C=O) groups excluding carboxylic acids is 2. The summed E-state index contributed by atoms with van der Waals surface area (Å²) in [5, 5.41) is 10.5. The molecule has 2 bridgehead atoms. The summed E-state index contributed by atoms with van der Waals surface area (Å²) in [6.45, 7) is 7.31. The van der Waals surface area contributed by atoms with Crippen LogP contribution in [0.5, 0.6) is 0 Å². The van der Waals surface area contributed by atoms with Crippen LogP contribution in [0, 0.1) is 5.41 Å². The summed E-state index contributed by atoms with van der Waals surface area (Å²) in [5.74, 6) is 0.0505. The van der Waals surface area contributed by atoms with Crippen LogP contribution in [-0.2, 0) is 9.53 Å². The number of amides is 1. The third-order valence-electron chi connectivity index (χ3n) is 5.52. The number of fused-ring (bicyclic) bond motifs is 1. The van der Waals surface area contributed by atoms with Gasteiger partial charge in [-0.25, -0.2) is 4.79 Å². The molecule has 22 heavy (non-hydrogen) atoms. The Balaban J connectivity index is 2.03. The molecule has 1 spiro atoms. The van der Waals surface area contributed by atoms with E-state index < -0.39 is 28.8 Å². The Kier molecular flexibility index (Phi) is 3.23. The minimum absolute atomic E-state index is 0.0505. The zero-order valence-electron chi connectivity index (χ0n) is 13.8. The summed E-state index contributed by atoms with van der Waals surface area (Å²) < 4.78 is 5.57. The van der Waals surface area contributed by atoms with E-state index >= 15 is 0 Å². The molecule has 1 aliphatic carbocycles. The van der Waals surface area contributed by atoms with Crippen molar-refractivity contribution >= 4 is 11.9 Å². The number of ether oxygens (including phenoxy) is 1. The molecular formula is C17H25NO4. The van der Waals surface area contributed by atoms with Gasteiger partial charge in [0, 0.05) is 6.42 Å². The van der Waals surface area contributed by atoms with E-state index in [1.54, 1.807) is 4.90 Å². The van der Waals surface area contributed by atoms with E-state index in [2.05, 4.69) is 0 Å². The lowest BCUT2D eigenvalue weighted by atomic mass is 9.56. The van der Waals surface area contributed by atoms with E-state index in [1.807, 2.05) is 39.8 Å². The van der Waals surface area contributed by atoms with E-state index in [0.717, 1.165) is 6.42 Å². The van der Waals surface area contributed by atoms with Gasteiger partial charge in [-0.2, -0.15) is 0 Å². The molecule has 0 unspecified atom stereocenters. The van der Waals surface area contributed by atoms with Gasteiger partial charge < -0.3 is 9.84 Å². The minimum Gasteiger partial charge on any atom is -0.444 e. The fourth-order valence-electron chi connectivity index (χ4n) is 4.36. The largest absolute Gasteiger partial charge is 0.444 e. The molecule has 0 aromatic heterocycles. The molecular weight excluding hydrogens is 282 g/mol. The van der Waals surface area contributed by atoms with Gasteiger partial charge in [0.2, 0.25) is 0 Å². The van der Waals surface area contributed by atoms with Crippen molar-refractivity contribution in [2.24, 2.45) is 5.41 Å². The number of carbonyl (C=O) groups is 2. The summed E-state index contributed by atoms with van der Waals surface area (Å²) in [5.41, 5.74) is -2.27. The van der Waals surface area contributed by atoms with E-state index in [1.165, 1.54) is 0 Å². The highest BCUT2D eigenvalue weighted by molar-refractivity contribution is 5.92. The maximum absolute atomic E-state index is 12.8. The molecule has 0 aromatic rings. The number of aliphatic hydroxyl groups is 1. The third-order valence-corrected chi connectivity index (χ3v) is 5.52. The standard InChI is InChI=1S/C17H25NO4/c1-15(2,3)22-14(21)18-11-7-9-17(18)8-5-6-12(19)16(17,4)13(20)10-11/h7,9,11-12,19H,5-6,8,10H2,1-4H3/t11-,12+,16+,17+/m0/s1. The molecule has 1 saturated carbocycles. The number of Topliss-reactive ketones (excluding diaryl/α,β-unsaturated/α-hetero) is 1. The summed E-state index contributed by atoms with van der Waals surface area (Å²) >= 11 is 0.